The number of aromatic nitrogens is 3. The largest absolute Gasteiger partial charge is 0.325 e. The number of imide groups is 1. The third kappa shape index (κ3) is 4.33. The summed E-state index contributed by atoms with van der Waals surface area (Å²) >= 11 is 0. The van der Waals surface area contributed by atoms with Crippen LogP contribution in [0.25, 0.3) is 5.65 Å². The summed E-state index contributed by atoms with van der Waals surface area (Å²) < 4.78 is 2.03. The fourth-order valence-corrected chi connectivity index (χ4v) is 3.90. The van der Waals surface area contributed by atoms with Gasteiger partial charge in [0.05, 0.1) is 6.54 Å². The summed E-state index contributed by atoms with van der Waals surface area (Å²) in [6.07, 6.45) is 3.79. The van der Waals surface area contributed by atoms with Crippen molar-refractivity contribution in [1.82, 2.24) is 24.8 Å². The minimum Gasteiger partial charge on any atom is -0.307 e. The van der Waals surface area contributed by atoms with Crippen LogP contribution in [-0.2, 0) is 4.79 Å². The van der Waals surface area contributed by atoms with E-state index in [2.05, 4.69) is 25.7 Å². The molecule has 0 unspecified atom stereocenters. The second kappa shape index (κ2) is 8.62. The van der Waals surface area contributed by atoms with Crippen LogP contribution in [0.4, 0.5) is 10.5 Å². The van der Waals surface area contributed by atoms with E-state index < -0.39 is 6.03 Å². The summed E-state index contributed by atoms with van der Waals surface area (Å²) in [5, 5.41) is 13.8. The lowest BCUT2D eigenvalue weighted by atomic mass is 9.96. The molecule has 1 aromatic carbocycles. The van der Waals surface area contributed by atoms with Crippen LogP contribution in [0.1, 0.15) is 35.7 Å². The number of pyridine rings is 1. The van der Waals surface area contributed by atoms with Crippen molar-refractivity contribution in [3.8, 4) is 0 Å². The fourth-order valence-electron chi connectivity index (χ4n) is 3.90. The van der Waals surface area contributed by atoms with E-state index in [1.807, 2.05) is 60.8 Å². The van der Waals surface area contributed by atoms with Gasteiger partial charge in [0.25, 0.3) is 0 Å². The summed E-state index contributed by atoms with van der Waals surface area (Å²) in [6.45, 7) is 5.68. The standard InChI is InChI=1S/C22H26N6O2/c1-15-6-5-7-18(16(15)2)23-22(30)24-20(29)14-27-12-9-17(10-13-27)21-26-25-19-8-3-4-11-28(19)21/h3-8,11,17H,9-10,12-14H2,1-2H3,(H2,23,24,29,30). The van der Waals surface area contributed by atoms with E-state index in [9.17, 15) is 9.59 Å². The highest BCUT2D eigenvalue weighted by atomic mass is 16.2. The summed E-state index contributed by atoms with van der Waals surface area (Å²) in [6, 6.07) is 11.1. The third-order valence-corrected chi connectivity index (χ3v) is 5.77. The number of aryl methyl sites for hydroxylation is 1. The topological polar surface area (TPSA) is 91.6 Å². The molecule has 0 aliphatic carbocycles. The Balaban J connectivity index is 1.27. The number of likely N-dealkylation sites (tertiary alicyclic amines) is 1. The van der Waals surface area contributed by atoms with Gasteiger partial charge in [-0.25, -0.2) is 4.79 Å². The number of anilines is 1. The predicted octanol–water partition coefficient (Wildman–Crippen LogP) is 2.87. The van der Waals surface area contributed by atoms with Crippen molar-refractivity contribution in [3.05, 3.63) is 59.5 Å². The van der Waals surface area contributed by atoms with Gasteiger partial charge in [-0.3, -0.25) is 19.4 Å². The zero-order valence-electron chi connectivity index (χ0n) is 17.3. The molecule has 3 heterocycles. The molecule has 1 aliphatic rings. The molecule has 0 radical (unpaired) electrons. The smallest absolute Gasteiger partial charge is 0.307 e. The SMILES string of the molecule is Cc1cccc(NC(=O)NC(=O)CN2CCC(c3nnc4ccccn34)CC2)c1C. The molecule has 3 aromatic rings. The van der Waals surface area contributed by atoms with E-state index in [1.54, 1.807) is 0 Å². The average Bonchev–Trinajstić information content (AvgIpc) is 3.16. The number of carbonyl (C=O) groups excluding carboxylic acids is 2. The molecule has 1 fully saturated rings. The Morgan fingerprint density at radius 1 is 1.07 bits per heavy atom. The van der Waals surface area contributed by atoms with E-state index in [1.165, 1.54) is 0 Å². The maximum absolute atomic E-state index is 12.3. The summed E-state index contributed by atoms with van der Waals surface area (Å²) in [5.41, 5.74) is 3.64. The molecule has 30 heavy (non-hydrogen) atoms. The lowest BCUT2D eigenvalue weighted by Gasteiger charge is -2.30. The highest BCUT2D eigenvalue weighted by Crippen LogP contribution is 2.26. The quantitative estimate of drug-likeness (QED) is 0.695. The molecule has 8 nitrogen and oxygen atoms in total. The number of benzene rings is 1. The van der Waals surface area contributed by atoms with Gasteiger partial charge in [0, 0.05) is 17.8 Å². The number of amides is 3. The second-order valence-electron chi connectivity index (χ2n) is 7.79. The minimum absolute atomic E-state index is 0.202. The second-order valence-corrected chi connectivity index (χ2v) is 7.79. The molecule has 1 saturated heterocycles. The van der Waals surface area contributed by atoms with Crippen LogP contribution < -0.4 is 10.6 Å². The first-order valence-electron chi connectivity index (χ1n) is 10.2. The van der Waals surface area contributed by atoms with Crippen LogP contribution >= 0.6 is 0 Å². The monoisotopic (exact) mass is 406 g/mol. The molecule has 0 spiro atoms. The minimum atomic E-state index is -0.501. The Bertz CT molecular complexity index is 1070. The van der Waals surface area contributed by atoms with Crippen molar-refractivity contribution in [2.24, 2.45) is 0 Å². The summed E-state index contributed by atoms with van der Waals surface area (Å²) in [5.74, 6) is 0.987. The number of hydrogen-bond acceptors (Lipinski definition) is 5. The lowest BCUT2D eigenvalue weighted by molar-refractivity contribution is -0.121. The predicted molar refractivity (Wildman–Crippen MR) is 114 cm³/mol. The van der Waals surface area contributed by atoms with Gasteiger partial charge in [-0.2, -0.15) is 0 Å². The van der Waals surface area contributed by atoms with Crippen molar-refractivity contribution in [3.63, 3.8) is 0 Å². The van der Waals surface area contributed by atoms with Gasteiger partial charge >= 0.3 is 6.03 Å². The van der Waals surface area contributed by atoms with Gasteiger partial charge in [-0.05, 0) is 69.1 Å². The molecule has 8 heteroatoms. The van der Waals surface area contributed by atoms with Crippen molar-refractivity contribution in [2.75, 3.05) is 25.0 Å². The Kier molecular flexibility index (Phi) is 5.76. The molecule has 1 aliphatic heterocycles. The van der Waals surface area contributed by atoms with Crippen LogP contribution in [0.2, 0.25) is 0 Å². The highest BCUT2D eigenvalue weighted by Gasteiger charge is 2.25. The van der Waals surface area contributed by atoms with Gasteiger partial charge in [0.15, 0.2) is 5.65 Å². The first kappa shape index (κ1) is 20.0. The van der Waals surface area contributed by atoms with E-state index in [-0.39, 0.29) is 12.5 Å². The number of rotatable bonds is 4. The summed E-state index contributed by atoms with van der Waals surface area (Å²) in [4.78, 5) is 26.6. The van der Waals surface area contributed by atoms with Gasteiger partial charge in [-0.1, -0.05) is 18.2 Å². The van der Waals surface area contributed by atoms with Crippen LogP contribution in [0.5, 0.6) is 0 Å². The average molecular weight is 406 g/mol. The van der Waals surface area contributed by atoms with E-state index in [0.29, 0.717) is 11.6 Å². The number of carbonyl (C=O) groups is 2. The molecular formula is C22H26N6O2. The Morgan fingerprint density at radius 3 is 2.67 bits per heavy atom. The number of hydrogen-bond donors (Lipinski definition) is 2. The third-order valence-electron chi connectivity index (χ3n) is 5.77. The zero-order valence-corrected chi connectivity index (χ0v) is 17.3. The molecule has 2 N–H and O–H groups in total. The molecule has 0 saturated carbocycles. The maximum atomic E-state index is 12.3. The van der Waals surface area contributed by atoms with Crippen LogP contribution in [0.3, 0.4) is 0 Å². The molecular weight excluding hydrogens is 380 g/mol. The van der Waals surface area contributed by atoms with E-state index in [0.717, 1.165) is 48.5 Å². The highest BCUT2D eigenvalue weighted by molar-refractivity contribution is 6.02. The number of nitrogens with zero attached hydrogens (tertiary/aromatic N) is 4. The van der Waals surface area contributed by atoms with E-state index in [4.69, 9.17) is 0 Å². The lowest BCUT2D eigenvalue weighted by Crippen LogP contribution is -2.44. The molecule has 0 bridgehead atoms. The van der Waals surface area contributed by atoms with Crippen molar-refractivity contribution < 1.29 is 9.59 Å². The first-order valence-corrected chi connectivity index (χ1v) is 10.2. The van der Waals surface area contributed by atoms with Crippen LogP contribution in [0, 0.1) is 13.8 Å². The number of urea groups is 1. The Morgan fingerprint density at radius 2 is 1.87 bits per heavy atom. The van der Waals surface area contributed by atoms with E-state index >= 15 is 0 Å². The Labute approximate surface area is 175 Å². The molecule has 4 rings (SSSR count). The number of fused-ring (bicyclic) bond motifs is 1. The zero-order chi connectivity index (χ0) is 21.1. The normalized spacial score (nSPS) is 15.3. The van der Waals surface area contributed by atoms with Crippen LogP contribution in [-0.4, -0.2) is 51.1 Å². The molecule has 156 valence electrons. The van der Waals surface area contributed by atoms with Gasteiger partial charge in [0.1, 0.15) is 5.82 Å². The van der Waals surface area contributed by atoms with Crippen molar-refractivity contribution in [1.29, 1.82) is 0 Å². The van der Waals surface area contributed by atoms with Crippen LogP contribution in [0.15, 0.2) is 42.6 Å². The molecule has 0 atom stereocenters. The van der Waals surface area contributed by atoms with Gasteiger partial charge < -0.3 is 5.32 Å². The molecule has 2 aromatic heterocycles. The number of nitrogens with one attached hydrogen (secondary N) is 2. The molecule has 3 amide bonds. The van der Waals surface area contributed by atoms with Gasteiger partial charge in [-0.15, -0.1) is 10.2 Å². The first-order chi connectivity index (χ1) is 14.5. The summed E-state index contributed by atoms with van der Waals surface area (Å²) in [7, 11) is 0. The van der Waals surface area contributed by atoms with Gasteiger partial charge in [0.2, 0.25) is 5.91 Å². The maximum Gasteiger partial charge on any atom is 0.325 e. The van der Waals surface area contributed by atoms with Crippen molar-refractivity contribution in [2.45, 2.75) is 32.6 Å². The fraction of sp³-hybridized carbons (Fsp3) is 0.364. The van der Waals surface area contributed by atoms with Crippen molar-refractivity contribution >= 4 is 23.3 Å². The number of piperidine rings is 1. The Hall–Kier alpha value is -3.26.